The normalized spacial score (nSPS) is 17.9. The summed E-state index contributed by atoms with van der Waals surface area (Å²) in [4.78, 5) is 2.61. The van der Waals surface area contributed by atoms with Gasteiger partial charge in [0.05, 0.1) is 4.90 Å². The molecular weight excluding hydrogens is 272 g/mol. The summed E-state index contributed by atoms with van der Waals surface area (Å²) in [5.41, 5.74) is 0.784. The van der Waals surface area contributed by atoms with Crippen LogP contribution in [-0.2, 0) is 16.4 Å². The van der Waals surface area contributed by atoms with Gasteiger partial charge in [-0.05, 0) is 23.8 Å². The number of hydrogen-bond acceptors (Lipinski definition) is 4. The first-order valence-corrected chi connectivity index (χ1v) is 8.15. The van der Waals surface area contributed by atoms with Gasteiger partial charge in [0.2, 0.25) is 0 Å². The van der Waals surface area contributed by atoms with Crippen molar-refractivity contribution in [3.05, 3.63) is 28.8 Å². The zero-order valence-corrected chi connectivity index (χ0v) is 11.9. The molecule has 1 fully saturated rings. The molecule has 0 bridgehead atoms. The third kappa shape index (κ3) is 3.45. The van der Waals surface area contributed by atoms with Gasteiger partial charge in [-0.15, -0.1) is 0 Å². The molecule has 1 aromatic rings. The average molecular weight is 289 g/mol. The molecule has 0 unspecified atom stereocenters. The predicted molar refractivity (Wildman–Crippen MR) is 72.7 cm³/mol. The zero-order chi connectivity index (χ0) is 13.2. The molecule has 100 valence electrons. The van der Waals surface area contributed by atoms with Crippen molar-refractivity contribution in [3.8, 4) is 0 Å². The van der Waals surface area contributed by atoms with E-state index in [0.29, 0.717) is 16.5 Å². The molecule has 0 spiro atoms. The third-order valence-corrected chi connectivity index (χ3v) is 4.46. The number of hydrogen-bond donors (Lipinski definition) is 1. The van der Waals surface area contributed by atoms with Crippen LogP contribution in [0.15, 0.2) is 23.1 Å². The summed E-state index contributed by atoms with van der Waals surface area (Å²) in [6, 6.07) is 4.97. The van der Waals surface area contributed by atoms with Crippen molar-refractivity contribution in [3.63, 3.8) is 0 Å². The Hall–Kier alpha value is -0.620. The highest BCUT2D eigenvalue weighted by molar-refractivity contribution is 7.90. The Morgan fingerprint density at radius 3 is 2.61 bits per heavy atom. The second kappa shape index (κ2) is 5.57. The van der Waals surface area contributed by atoms with Crippen LogP contribution in [0, 0.1) is 0 Å². The molecule has 0 saturated carbocycles. The molecule has 4 nitrogen and oxygen atoms in total. The molecule has 1 heterocycles. The van der Waals surface area contributed by atoms with Gasteiger partial charge in [-0.1, -0.05) is 11.6 Å². The summed E-state index contributed by atoms with van der Waals surface area (Å²) in [6.45, 7) is 4.36. The van der Waals surface area contributed by atoms with E-state index in [0.717, 1.165) is 31.7 Å². The van der Waals surface area contributed by atoms with E-state index in [1.54, 1.807) is 18.2 Å². The number of sulfone groups is 1. The van der Waals surface area contributed by atoms with Gasteiger partial charge in [-0.25, -0.2) is 8.42 Å². The Kier molecular flexibility index (Phi) is 4.27. The van der Waals surface area contributed by atoms with E-state index in [1.165, 1.54) is 6.26 Å². The monoisotopic (exact) mass is 288 g/mol. The fraction of sp³-hybridized carbons (Fsp3) is 0.500. The average Bonchev–Trinajstić information content (AvgIpc) is 2.28. The van der Waals surface area contributed by atoms with E-state index in [4.69, 9.17) is 11.6 Å². The molecule has 1 N–H and O–H groups in total. The van der Waals surface area contributed by atoms with Crippen LogP contribution in [0.5, 0.6) is 0 Å². The fourth-order valence-electron chi connectivity index (χ4n) is 2.14. The summed E-state index contributed by atoms with van der Waals surface area (Å²) >= 11 is 5.96. The SMILES string of the molecule is CS(=O)(=O)c1ccc(Cl)cc1CN1CCNCC1. The van der Waals surface area contributed by atoms with E-state index in [9.17, 15) is 8.42 Å². The van der Waals surface area contributed by atoms with Crippen molar-refractivity contribution in [2.45, 2.75) is 11.4 Å². The number of piperazine rings is 1. The third-order valence-electron chi connectivity index (χ3n) is 3.03. The highest BCUT2D eigenvalue weighted by atomic mass is 35.5. The molecule has 6 heteroatoms. The van der Waals surface area contributed by atoms with Crippen molar-refractivity contribution >= 4 is 21.4 Å². The number of nitrogens with one attached hydrogen (secondary N) is 1. The van der Waals surface area contributed by atoms with Crippen LogP contribution < -0.4 is 5.32 Å². The zero-order valence-electron chi connectivity index (χ0n) is 10.3. The molecule has 0 aromatic heterocycles. The topological polar surface area (TPSA) is 49.4 Å². The highest BCUT2D eigenvalue weighted by Crippen LogP contribution is 2.22. The predicted octanol–water partition coefficient (Wildman–Crippen LogP) is 1.15. The maximum Gasteiger partial charge on any atom is 0.175 e. The van der Waals surface area contributed by atoms with Gasteiger partial charge in [-0.3, -0.25) is 4.90 Å². The van der Waals surface area contributed by atoms with Crippen LogP contribution in [0.1, 0.15) is 5.56 Å². The van der Waals surface area contributed by atoms with E-state index >= 15 is 0 Å². The van der Waals surface area contributed by atoms with Gasteiger partial charge in [0.1, 0.15) is 0 Å². The molecule has 1 saturated heterocycles. The lowest BCUT2D eigenvalue weighted by molar-refractivity contribution is 0.231. The first-order valence-electron chi connectivity index (χ1n) is 5.88. The number of benzene rings is 1. The largest absolute Gasteiger partial charge is 0.314 e. The minimum Gasteiger partial charge on any atom is -0.314 e. The Morgan fingerprint density at radius 2 is 2.00 bits per heavy atom. The molecule has 0 radical (unpaired) electrons. The summed E-state index contributed by atoms with van der Waals surface area (Å²) in [5, 5.41) is 3.85. The van der Waals surface area contributed by atoms with E-state index in [1.807, 2.05) is 0 Å². The summed E-state index contributed by atoms with van der Waals surface area (Å²) < 4.78 is 23.5. The van der Waals surface area contributed by atoms with Crippen molar-refractivity contribution in [1.29, 1.82) is 0 Å². The van der Waals surface area contributed by atoms with Crippen LogP contribution in [-0.4, -0.2) is 45.8 Å². The molecule has 0 atom stereocenters. The molecular formula is C12H17ClN2O2S. The summed E-state index contributed by atoms with van der Waals surface area (Å²) in [6.07, 6.45) is 1.23. The van der Waals surface area contributed by atoms with Crippen molar-refractivity contribution < 1.29 is 8.42 Å². The van der Waals surface area contributed by atoms with Crippen LogP contribution in [0.25, 0.3) is 0 Å². The van der Waals surface area contributed by atoms with E-state index < -0.39 is 9.84 Å². The Labute approximate surface area is 113 Å². The summed E-state index contributed by atoms with van der Waals surface area (Å²) in [5.74, 6) is 0. The van der Waals surface area contributed by atoms with Crippen molar-refractivity contribution in [2.24, 2.45) is 0 Å². The minimum absolute atomic E-state index is 0.380. The fourth-order valence-corrected chi connectivity index (χ4v) is 3.25. The summed E-state index contributed by atoms with van der Waals surface area (Å²) in [7, 11) is -3.20. The lowest BCUT2D eigenvalue weighted by Crippen LogP contribution is -2.43. The molecule has 2 rings (SSSR count). The molecule has 1 aromatic carbocycles. The van der Waals surface area contributed by atoms with Gasteiger partial charge in [0, 0.05) is 44.0 Å². The molecule has 1 aliphatic rings. The molecule has 1 aliphatic heterocycles. The van der Waals surface area contributed by atoms with Crippen LogP contribution in [0.4, 0.5) is 0 Å². The number of nitrogens with zero attached hydrogens (tertiary/aromatic N) is 1. The lowest BCUT2D eigenvalue weighted by Gasteiger charge is -2.27. The standard InChI is InChI=1S/C12H17ClN2O2S/c1-18(16,17)12-3-2-11(13)8-10(12)9-15-6-4-14-5-7-15/h2-3,8,14H,4-7,9H2,1H3. The maximum absolute atomic E-state index is 11.7. The molecule has 0 aliphatic carbocycles. The highest BCUT2D eigenvalue weighted by Gasteiger charge is 2.17. The number of halogens is 1. The Balaban J connectivity index is 2.27. The van der Waals surface area contributed by atoms with Gasteiger partial charge >= 0.3 is 0 Å². The van der Waals surface area contributed by atoms with Crippen molar-refractivity contribution in [2.75, 3.05) is 32.4 Å². The van der Waals surface area contributed by atoms with Gasteiger partial charge in [0.25, 0.3) is 0 Å². The molecule has 0 amide bonds. The van der Waals surface area contributed by atoms with Crippen LogP contribution in [0.2, 0.25) is 5.02 Å². The molecule has 18 heavy (non-hydrogen) atoms. The second-order valence-corrected chi connectivity index (χ2v) is 6.97. The Bertz CT molecular complexity index is 525. The maximum atomic E-state index is 11.7. The van der Waals surface area contributed by atoms with Gasteiger partial charge in [0.15, 0.2) is 9.84 Å². The first-order chi connectivity index (χ1) is 8.47. The van der Waals surface area contributed by atoms with Crippen LogP contribution in [0.3, 0.4) is 0 Å². The van der Waals surface area contributed by atoms with Crippen LogP contribution >= 0.6 is 11.6 Å². The first kappa shape index (κ1) is 13.8. The minimum atomic E-state index is -3.20. The van der Waals surface area contributed by atoms with E-state index in [-0.39, 0.29) is 0 Å². The van der Waals surface area contributed by atoms with Crippen molar-refractivity contribution in [1.82, 2.24) is 10.2 Å². The lowest BCUT2D eigenvalue weighted by atomic mass is 10.2. The smallest absolute Gasteiger partial charge is 0.175 e. The number of rotatable bonds is 3. The quantitative estimate of drug-likeness (QED) is 0.906. The second-order valence-electron chi connectivity index (χ2n) is 4.55. The van der Waals surface area contributed by atoms with E-state index in [2.05, 4.69) is 10.2 Å². The Morgan fingerprint density at radius 1 is 1.33 bits per heavy atom. The van der Waals surface area contributed by atoms with Gasteiger partial charge in [-0.2, -0.15) is 0 Å². The van der Waals surface area contributed by atoms with Gasteiger partial charge < -0.3 is 5.32 Å².